The number of hydrogen-bond donors (Lipinski definition) is 2. The molecule has 11 heteroatoms. The number of anilines is 1. The number of rotatable bonds is 5. The van der Waals surface area contributed by atoms with E-state index in [9.17, 15) is 27.6 Å². The third-order valence-electron chi connectivity index (χ3n) is 2.83. The SMILES string of the molecule is O=C(Cn1cc(Br)c(=O)[nH]c1=O)Nc1ccccc1SCC(F)(F)F. The van der Waals surface area contributed by atoms with E-state index in [0.717, 1.165) is 10.8 Å². The number of nitrogens with zero attached hydrogens (tertiary/aromatic N) is 1. The van der Waals surface area contributed by atoms with Gasteiger partial charge < -0.3 is 5.32 Å². The lowest BCUT2D eigenvalue weighted by atomic mass is 10.3. The molecule has 0 aliphatic rings. The van der Waals surface area contributed by atoms with Gasteiger partial charge in [-0.1, -0.05) is 12.1 Å². The van der Waals surface area contributed by atoms with Gasteiger partial charge in [-0.15, -0.1) is 11.8 Å². The second kappa shape index (κ2) is 7.91. The molecule has 0 aliphatic heterocycles. The van der Waals surface area contributed by atoms with Crippen molar-refractivity contribution in [2.45, 2.75) is 17.6 Å². The molecule has 0 aliphatic carbocycles. The summed E-state index contributed by atoms with van der Waals surface area (Å²) in [6, 6.07) is 6.03. The first-order valence-corrected chi connectivity index (χ1v) is 8.51. The number of amides is 1. The van der Waals surface area contributed by atoms with Crippen molar-refractivity contribution in [1.82, 2.24) is 9.55 Å². The van der Waals surface area contributed by atoms with Gasteiger partial charge in [0.05, 0.1) is 15.9 Å². The monoisotopic (exact) mass is 437 g/mol. The van der Waals surface area contributed by atoms with Gasteiger partial charge in [0.2, 0.25) is 5.91 Å². The number of thioether (sulfide) groups is 1. The van der Waals surface area contributed by atoms with Crippen molar-refractivity contribution in [3.05, 3.63) is 55.8 Å². The molecule has 1 aromatic carbocycles. The summed E-state index contributed by atoms with van der Waals surface area (Å²) in [4.78, 5) is 37.2. The molecule has 2 rings (SSSR count). The maximum Gasteiger partial charge on any atom is 0.398 e. The molecule has 0 spiro atoms. The van der Waals surface area contributed by atoms with Crippen molar-refractivity contribution in [2.75, 3.05) is 11.1 Å². The van der Waals surface area contributed by atoms with E-state index in [1.807, 2.05) is 4.98 Å². The van der Waals surface area contributed by atoms with E-state index < -0.39 is 35.6 Å². The molecule has 0 bridgehead atoms. The van der Waals surface area contributed by atoms with E-state index in [0.29, 0.717) is 11.8 Å². The zero-order valence-electron chi connectivity index (χ0n) is 12.4. The minimum Gasteiger partial charge on any atom is -0.324 e. The van der Waals surface area contributed by atoms with Crippen molar-refractivity contribution >= 4 is 39.3 Å². The van der Waals surface area contributed by atoms with Crippen LogP contribution in [0.1, 0.15) is 0 Å². The quantitative estimate of drug-likeness (QED) is 0.704. The molecule has 1 aromatic heterocycles. The molecule has 0 saturated heterocycles. The van der Waals surface area contributed by atoms with Gasteiger partial charge in [-0.05, 0) is 28.1 Å². The van der Waals surface area contributed by atoms with Crippen LogP contribution in [0.15, 0.2) is 49.4 Å². The predicted molar refractivity (Wildman–Crippen MR) is 90.9 cm³/mol. The van der Waals surface area contributed by atoms with Gasteiger partial charge >= 0.3 is 11.9 Å². The minimum absolute atomic E-state index is 0.0704. The first-order chi connectivity index (χ1) is 11.7. The Balaban J connectivity index is 2.12. The molecule has 25 heavy (non-hydrogen) atoms. The summed E-state index contributed by atoms with van der Waals surface area (Å²) in [5, 5.41) is 2.46. The number of para-hydroxylation sites is 1. The number of alkyl halides is 3. The van der Waals surface area contributed by atoms with Crippen LogP contribution < -0.4 is 16.6 Å². The number of benzene rings is 1. The highest BCUT2D eigenvalue weighted by Gasteiger charge is 2.27. The van der Waals surface area contributed by atoms with Crippen molar-refractivity contribution in [1.29, 1.82) is 0 Å². The van der Waals surface area contributed by atoms with Crippen LogP contribution in [0.25, 0.3) is 0 Å². The van der Waals surface area contributed by atoms with Crippen molar-refractivity contribution in [3.63, 3.8) is 0 Å². The summed E-state index contributed by atoms with van der Waals surface area (Å²) in [7, 11) is 0. The van der Waals surface area contributed by atoms with E-state index in [1.165, 1.54) is 12.1 Å². The average Bonchev–Trinajstić information content (AvgIpc) is 2.51. The Morgan fingerprint density at radius 2 is 1.96 bits per heavy atom. The third-order valence-corrected chi connectivity index (χ3v) is 4.54. The van der Waals surface area contributed by atoms with Crippen LogP contribution in [-0.2, 0) is 11.3 Å². The predicted octanol–water partition coefficient (Wildman–Crippen LogP) is 2.59. The highest BCUT2D eigenvalue weighted by atomic mass is 79.9. The molecular weight excluding hydrogens is 427 g/mol. The first-order valence-electron chi connectivity index (χ1n) is 6.73. The number of halogens is 4. The summed E-state index contributed by atoms with van der Waals surface area (Å²) in [6.07, 6.45) is -3.18. The molecule has 0 unspecified atom stereocenters. The summed E-state index contributed by atoms with van der Waals surface area (Å²) in [5.74, 6) is -1.72. The second-order valence-electron chi connectivity index (χ2n) is 4.81. The van der Waals surface area contributed by atoms with Crippen molar-refractivity contribution in [3.8, 4) is 0 Å². The number of aromatic amines is 1. The van der Waals surface area contributed by atoms with Crippen molar-refractivity contribution in [2.24, 2.45) is 0 Å². The summed E-state index contributed by atoms with van der Waals surface area (Å²) in [6.45, 7) is -0.410. The zero-order valence-corrected chi connectivity index (χ0v) is 14.8. The molecule has 1 heterocycles. The van der Waals surface area contributed by atoms with E-state index in [-0.39, 0.29) is 15.1 Å². The van der Waals surface area contributed by atoms with Crippen LogP contribution in [0.5, 0.6) is 0 Å². The maximum absolute atomic E-state index is 12.4. The summed E-state index contributed by atoms with van der Waals surface area (Å²) >= 11 is 3.49. The van der Waals surface area contributed by atoms with Crippen LogP contribution in [-0.4, -0.2) is 27.4 Å². The molecule has 6 nitrogen and oxygen atoms in total. The van der Waals surface area contributed by atoms with E-state index in [2.05, 4.69) is 21.2 Å². The maximum atomic E-state index is 12.4. The Kier molecular flexibility index (Phi) is 6.11. The summed E-state index contributed by atoms with van der Waals surface area (Å²) < 4.78 is 38.1. The summed E-state index contributed by atoms with van der Waals surface area (Å²) in [5.41, 5.74) is -1.20. The molecule has 0 fully saturated rings. The lowest BCUT2D eigenvalue weighted by Crippen LogP contribution is -2.33. The molecule has 0 saturated carbocycles. The standard InChI is InChI=1S/C14H11BrF3N3O3S/c15-8-5-21(13(24)20-12(8)23)6-11(22)19-9-3-1-2-4-10(9)25-7-14(16,17)18/h1-5H,6-7H2,(H,19,22)(H,20,23,24). The Hall–Kier alpha value is -2.01. The zero-order chi connectivity index (χ0) is 18.6. The van der Waals surface area contributed by atoms with E-state index >= 15 is 0 Å². The number of carbonyl (C=O) groups is 1. The van der Waals surface area contributed by atoms with E-state index in [4.69, 9.17) is 0 Å². The number of carbonyl (C=O) groups excluding carboxylic acids is 1. The third kappa shape index (κ3) is 5.78. The lowest BCUT2D eigenvalue weighted by Gasteiger charge is -2.12. The molecular formula is C14H11BrF3N3O3S. The normalized spacial score (nSPS) is 11.4. The van der Waals surface area contributed by atoms with Gasteiger partial charge in [-0.2, -0.15) is 13.2 Å². The van der Waals surface area contributed by atoms with Gasteiger partial charge in [-0.3, -0.25) is 19.1 Å². The van der Waals surface area contributed by atoms with Crippen LogP contribution >= 0.6 is 27.7 Å². The van der Waals surface area contributed by atoms with Gasteiger partial charge in [0.15, 0.2) is 0 Å². The van der Waals surface area contributed by atoms with Gasteiger partial charge in [-0.25, -0.2) is 4.79 Å². The number of hydrogen-bond acceptors (Lipinski definition) is 4. The van der Waals surface area contributed by atoms with Gasteiger partial charge in [0, 0.05) is 11.1 Å². The van der Waals surface area contributed by atoms with Crippen LogP contribution in [0, 0.1) is 0 Å². The Morgan fingerprint density at radius 3 is 2.64 bits per heavy atom. The topological polar surface area (TPSA) is 84.0 Å². The fourth-order valence-electron chi connectivity index (χ4n) is 1.80. The molecule has 0 radical (unpaired) electrons. The average molecular weight is 438 g/mol. The van der Waals surface area contributed by atoms with Crippen LogP contribution in [0.2, 0.25) is 0 Å². The molecule has 2 N–H and O–H groups in total. The fraction of sp³-hybridized carbons (Fsp3) is 0.214. The second-order valence-corrected chi connectivity index (χ2v) is 6.68. The molecule has 2 aromatic rings. The first kappa shape index (κ1) is 19.3. The van der Waals surface area contributed by atoms with Crippen LogP contribution in [0.3, 0.4) is 0 Å². The molecule has 134 valence electrons. The minimum atomic E-state index is -4.34. The Labute approximate surface area is 151 Å². The van der Waals surface area contributed by atoms with Gasteiger partial charge in [0.25, 0.3) is 5.56 Å². The number of H-pyrrole nitrogens is 1. The van der Waals surface area contributed by atoms with Gasteiger partial charge in [0.1, 0.15) is 6.54 Å². The van der Waals surface area contributed by atoms with Crippen LogP contribution in [0.4, 0.5) is 18.9 Å². The molecule has 1 amide bonds. The molecule has 0 atom stereocenters. The highest BCUT2D eigenvalue weighted by Crippen LogP contribution is 2.32. The largest absolute Gasteiger partial charge is 0.398 e. The fourth-order valence-corrected chi connectivity index (χ4v) is 2.91. The number of aromatic nitrogens is 2. The van der Waals surface area contributed by atoms with E-state index in [1.54, 1.807) is 12.1 Å². The Morgan fingerprint density at radius 1 is 1.28 bits per heavy atom. The Bertz CT molecular complexity index is 895. The number of nitrogens with one attached hydrogen (secondary N) is 2. The highest BCUT2D eigenvalue weighted by molar-refractivity contribution is 9.10. The smallest absolute Gasteiger partial charge is 0.324 e. The lowest BCUT2D eigenvalue weighted by molar-refractivity contribution is -0.116. The van der Waals surface area contributed by atoms with Crippen molar-refractivity contribution < 1.29 is 18.0 Å².